The Morgan fingerprint density at radius 2 is 1.89 bits per heavy atom. The molecule has 3 amide bonds. The quantitative estimate of drug-likeness (QED) is 0.778. The fourth-order valence-electron chi connectivity index (χ4n) is 3.16. The van der Waals surface area contributed by atoms with E-state index in [4.69, 9.17) is 10.5 Å². The summed E-state index contributed by atoms with van der Waals surface area (Å²) >= 11 is 0. The summed E-state index contributed by atoms with van der Waals surface area (Å²) in [5.74, 6) is -1.24. The second-order valence-corrected chi connectivity index (χ2v) is 6.75. The van der Waals surface area contributed by atoms with Gasteiger partial charge in [0.1, 0.15) is 6.61 Å². The van der Waals surface area contributed by atoms with Crippen LogP contribution in [0, 0.1) is 5.92 Å². The van der Waals surface area contributed by atoms with Gasteiger partial charge in [-0.2, -0.15) is 0 Å². The number of esters is 1. The number of nitrogens with two attached hydrogens (primary N) is 1. The first-order valence-corrected chi connectivity index (χ1v) is 9.19. The Bertz CT molecular complexity index is 854. The Kier molecular flexibility index (Phi) is 6.26. The van der Waals surface area contributed by atoms with Crippen LogP contribution >= 0.6 is 0 Å². The summed E-state index contributed by atoms with van der Waals surface area (Å²) in [5.41, 5.74) is 7.04. The fourth-order valence-corrected chi connectivity index (χ4v) is 3.16. The first kappa shape index (κ1) is 19.4. The van der Waals surface area contributed by atoms with Crippen molar-refractivity contribution in [3.05, 3.63) is 65.7 Å². The minimum absolute atomic E-state index is 0.0622. The van der Waals surface area contributed by atoms with E-state index in [0.29, 0.717) is 36.3 Å². The number of carbonyl (C=O) groups is 3. The minimum Gasteiger partial charge on any atom is -0.461 e. The third kappa shape index (κ3) is 5.09. The number of urea groups is 1. The molecule has 28 heavy (non-hydrogen) atoms. The maximum Gasteiger partial charge on any atom is 0.321 e. The first-order valence-electron chi connectivity index (χ1n) is 9.19. The number of hydrogen-bond acceptors (Lipinski definition) is 4. The number of piperidine rings is 1. The van der Waals surface area contributed by atoms with Gasteiger partial charge in [0.15, 0.2) is 0 Å². The van der Waals surface area contributed by atoms with E-state index in [9.17, 15) is 14.4 Å². The average molecular weight is 381 g/mol. The average Bonchev–Trinajstić information content (AvgIpc) is 2.73. The highest BCUT2D eigenvalue weighted by atomic mass is 16.5. The third-order valence-corrected chi connectivity index (χ3v) is 4.66. The van der Waals surface area contributed by atoms with Crippen LogP contribution in [0.25, 0.3) is 0 Å². The van der Waals surface area contributed by atoms with Crippen molar-refractivity contribution in [2.75, 3.05) is 18.4 Å². The number of primary amides is 1. The van der Waals surface area contributed by atoms with Crippen molar-refractivity contribution in [1.82, 2.24) is 4.90 Å². The number of anilines is 1. The van der Waals surface area contributed by atoms with Gasteiger partial charge in [0, 0.05) is 24.3 Å². The Balaban J connectivity index is 1.53. The van der Waals surface area contributed by atoms with Gasteiger partial charge < -0.3 is 20.7 Å². The molecule has 0 radical (unpaired) electrons. The molecule has 1 fully saturated rings. The normalized spacial score (nSPS) is 16.3. The molecule has 1 heterocycles. The van der Waals surface area contributed by atoms with E-state index < -0.39 is 5.91 Å². The molecule has 3 N–H and O–H groups in total. The lowest BCUT2D eigenvalue weighted by Gasteiger charge is -2.31. The Morgan fingerprint density at radius 1 is 1.11 bits per heavy atom. The number of hydrogen-bond donors (Lipinski definition) is 2. The van der Waals surface area contributed by atoms with Gasteiger partial charge in [0.2, 0.25) is 5.91 Å². The van der Waals surface area contributed by atoms with Crippen LogP contribution in [0.5, 0.6) is 0 Å². The summed E-state index contributed by atoms with van der Waals surface area (Å²) < 4.78 is 5.40. The summed E-state index contributed by atoms with van der Waals surface area (Å²) in [4.78, 5) is 37.8. The van der Waals surface area contributed by atoms with Gasteiger partial charge in [-0.3, -0.25) is 9.59 Å². The molecule has 2 aromatic carbocycles. The van der Waals surface area contributed by atoms with Crippen LogP contribution in [0.3, 0.4) is 0 Å². The summed E-state index contributed by atoms with van der Waals surface area (Å²) in [6.45, 7) is 0.981. The molecule has 0 aromatic heterocycles. The van der Waals surface area contributed by atoms with Gasteiger partial charge in [0.25, 0.3) is 0 Å². The van der Waals surface area contributed by atoms with Crippen LogP contribution in [-0.2, 0) is 16.1 Å². The minimum atomic E-state index is -0.527. The summed E-state index contributed by atoms with van der Waals surface area (Å²) in [6, 6.07) is 15.6. The van der Waals surface area contributed by atoms with Crippen LogP contribution in [0.15, 0.2) is 54.6 Å². The molecule has 1 aliphatic rings. The Hall–Kier alpha value is -3.35. The molecule has 1 unspecified atom stereocenters. The van der Waals surface area contributed by atoms with E-state index in [-0.39, 0.29) is 24.5 Å². The third-order valence-electron chi connectivity index (χ3n) is 4.66. The van der Waals surface area contributed by atoms with Gasteiger partial charge in [-0.1, -0.05) is 30.3 Å². The number of benzene rings is 2. The van der Waals surface area contributed by atoms with Crippen molar-refractivity contribution in [2.45, 2.75) is 19.4 Å². The molecule has 7 nitrogen and oxygen atoms in total. The summed E-state index contributed by atoms with van der Waals surface area (Å²) in [7, 11) is 0. The lowest BCUT2D eigenvalue weighted by Crippen LogP contribution is -2.44. The molecule has 0 spiro atoms. The van der Waals surface area contributed by atoms with Crippen molar-refractivity contribution in [3.63, 3.8) is 0 Å². The molecule has 0 aliphatic carbocycles. The highest BCUT2D eigenvalue weighted by Gasteiger charge is 2.29. The zero-order valence-electron chi connectivity index (χ0n) is 15.5. The van der Waals surface area contributed by atoms with Crippen molar-refractivity contribution >= 4 is 23.6 Å². The van der Waals surface area contributed by atoms with Gasteiger partial charge in [0.05, 0.1) is 5.92 Å². The zero-order chi connectivity index (χ0) is 19.9. The maximum absolute atomic E-state index is 12.4. The highest BCUT2D eigenvalue weighted by molar-refractivity contribution is 5.93. The molecular weight excluding hydrogens is 358 g/mol. The molecule has 1 aliphatic heterocycles. The van der Waals surface area contributed by atoms with Crippen molar-refractivity contribution in [3.8, 4) is 0 Å². The molecule has 1 saturated heterocycles. The topological polar surface area (TPSA) is 102 Å². The van der Waals surface area contributed by atoms with E-state index >= 15 is 0 Å². The number of para-hydroxylation sites is 1. The number of nitrogens with zero attached hydrogens (tertiary/aromatic N) is 1. The lowest BCUT2D eigenvalue weighted by atomic mass is 9.98. The number of rotatable bonds is 5. The Morgan fingerprint density at radius 3 is 2.64 bits per heavy atom. The number of nitrogens with one attached hydrogen (secondary N) is 1. The maximum atomic E-state index is 12.4. The molecule has 0 saturated carbocycles. The predicted octanol–water partition coefficient (Wildman–Crippen LogP) is 2.77. The van der Waals surface area contributed by atoms with E-state index in [1.807, 2.05) is 30.3 Å². The van der Waals surface area contributed by atoms with Gasteiger partial charge >= 0.3 is 12.0 Å². The molecule has 2 aromatic rings. The fraction of sp³-hybridized carbons (Fsp3) is 0.286. The second kappa shape index (κ2) is 9.03. The number of ether oxygens (including phenoxy) is 1. The molecule has 146 valence electrons. The van der Waals surface area contributed by atoms with Crippen molar-refractivity contribution < 1.29 is 19.1 Å². The highest BCUT2D eigenvalue weighted by Crippen LogP contribution is 2.20. The van der Waals surface area contributed by atoms with Gasteiger partial charge in [-0.15, -0.1) is 0 Å². The molecular formula is C21H23N3O4. The monoisotopic (exact) mass is 381 g/mol. The molecule has 3 rings (SSSR count). The van der Waals surface area contributed by atoms with Crippen LogP contribution < -0.4 is 11.1 Å². The number of likely N-dealkylation sites (tertiary alicyclic amines) is 1. The van der Waals surface area contributed by atoms with Crippen LogP contribution in [0.4, 0.5) is 10.5 Å². The van der Waals surface area contributed by atoms with Gasteiger partial charge in [-0.25, -0.2) is 4.79 Å². The van der Waals surface area contributed by atoms with Crippen molar-refractivity contribution in [1.29, 1.82) is 0 Å². The lowest BCUT2D eigenvalue weighted by molar-refractivity contribution is -0.151. The molecule has 0 bridgehead atoms. The van der Waals surface area contributed by atoms with Crippen LogP contribution in [0.2, 0.25) is 0 Å². The van der Waals surface area contributed by atoms with Crippen molar-refractivity contribution in [2.24, 2.45) is 11.7 Å². The van der Waals surface area contributed by atoms with Gasteiger partial charge in [-0.05, 0) is 42.7 Å². The summed E-state index contributed by atoms with van der Waals surface area (Å²) in [5, 5.41) is 2.84. The van der Waals surface area contributed by atoms with E-state index in [0.717, 1.165) is 6.42 Å². The van der Waals surface area contributed by atoms with E-state index in [1.54, 1.807) is 29.2 Å². The molecule has 1 atom stereocenters. The zero-order valence-corrected chi connectivity index (χ0v) is 15.5. The Labute approximate surface area is 163 Å². The first-order chi connectivity index (χ1) is 13.5. The van der Waals surface area contributed by atoms with Crippen LogP contribution in [-0.4, -0.2) is 35.9 Å². The van der Waals surface area contributed by atoms with E-state index in [1.165, 1.54) is 0 Å². The summed E-state index contributed by atoms with van der Waals surface area (Å²) in [6.07, 6.45) is 1.41. The number of carbonyl (C=O) groups excluding carboxylic acids is 3. The molecule has 7 heteroatoms. The van der Waals surface area contributed by atoms with E-state index in [2.05, 4.69) is 5.32 Å². The largest absolute Gasteiger partial charge is 0.461 e. The number of amides is 3. The predicted molar refractivity (Wildman–Crippen MR) is 105 cm³/mol. The standard InChI is InChI=1S/C21H23N3O4/c22-19(25)16-7-4-6-15(12-16)14-28-20(26)17-8-5-11-24(13-17)21(27)23-18-9-2-1-3-10-18/h1-4,6-7,9-10,12,17H,5,8,11,13-14H2,(H2,22,25)(H,23,27). The van der Waals surface area contributed by atoms with Crippen LogP contribution in [0.1, 0.15) is 28.8 Å². The second-order valence-electron chi connectivity index (χ2n) is 6.75. The smallest absolute Gasteiger partial charge is 0.321 e. The SMILES string of the molecule is NC(=O)c1cccc(COC(=O)C2CCCN(C(=O)Nc3ccccc3)C2)c1.